The third kappa shape index (κ3) is 3.21. The molecule has 0 saturated carbocycles. The predicted octanol–water partition coefficient (Wildman–Crippen LogP) is 3.61. The van der Waals surface area contributed by atoms with Gasteiger partial charge < -0.3 is 4.90 Å². The van der Waals surface area contributed by atoms with Crippen LogP contribution in [-0.2, 0) is 12.4 Å². The highest BCUT2D eigenvalue weighted by molar-refractivity contribution is 9.10. The van der Waals surface area contributed by atoms with Gasteiger partial charge in [-0.25, -0.2) is 4.98 Å². The first-order valence-electron chi connectivity index (χ1n) is 5.51. The highest BCUT2D eigenvalue weighted by Gasteiger charge is 2.09. The van der Waals surface area contributed by atoms with Crippen molar-refractivity contribution in [2.45, 2.75) is 12.4 Å². The van der Waals surface area contributed by atoms with Gasteiger partial charge in [-0.1, -0.05) is 0 Å². The highest BCUT2D eigenvalue weighted by atomic mass is 79.9. The molecule has 0 radical (unpaired) electrons. The van der Waals surface area contributed by atoms with Crippen molar-refractivity contribution in [3.05, 3.63) is 52.4 Å². The van der Waals surface area contributed by atoms with E-state index in [-0.39, 0.29) is 0 Å². The van der Waals surface area contributed by atoms with Gasteiger partial charge in [0, 0.05) is 42.2 Å². The van der Waals surface area contributed by atoms with Gasteiger partial charge in [0.25, 0.3) is 0 Å². The normalized spacial score (nSPS) is 10.4. The second-order valence-corrected chi connectivity index (χ2v) is 5.16. The molecule has 2 aromatic rings. The summed E-state index contributed by atoms with van der Waals surface area (Å²) < 4.78 is 0.944. The lowest BCUT2D eigenvalue weighted by Crippen LogP contribution is -2.19. The van der Waals surface area contributed by atoms with E-state index < -0.39 is 0 Å². The van der Waals surface area contributed by atoms with Crippen molar-refractivity contribution in [2.75, 3.05) is 11.9 Å². The number of aromatic nitrogens is 2. The van der Waals surface area contributed by atoms with Crippen molar-refractivity contribution in [1.29, 1.82) is 0 Å². The lowest BCUT2D eigenvalue weighted by molar-refractivity contribution is 0.885. The molecule has 0 unspecified atom stereocenters. The molecule has 0 N–H and O–H groups in total. The molecule has 0 atom stereocenters. The average molecular weight is 327 g/mol. The van der Waals surface area contributed by atoms with Gasteiger partial charge in [-0.15, -0.1) is 11.6 Å². The molecule has 0 saturated heterocycles. The van der Waals surface area contributed by atoms with Crippen molar-refractivity contribution in [2.24, 2.45) is 0 Å². The quantitative estimate of drug-likeness (QED) is 0.804. The first-order chi connectivity index (χ1) is 8.70. The lowest BCUT2D eigenvalue weighted by atomic mass is 10.2. The summed E-state index contributed by atoms with van der Waals surface area (Å²) in [5.74, 6) is 1.35. The van der Waals surface area contributed by atoms with Crippen LogP contribution in [0, 0.1) is 0 Å². The zero-order valence-electron chi connectivity index (χ0n) is 9.98. The first kappa shape index (κ1) is 13.3. The fourth-order valence-corrected chi connectivity index (χ4v) is 2.33. The van der Waals surface area contributed by atoms with Crippen molar-refractivity contribution < 1.29 is 0 Å². The van der Waals surface area contributed by atoms with Crippen molar-refractivity contribution in [3.8, 4) is 0 Å². The van der Waals surface area contributed by atoms with E-state index in [2.05, 4.69) is 30.8 Å². The summed E-state index contributed by atoms with van der Waals surface area (Å²) in [5.41, 5.74) is 2.21. The predicted molar refractivity (Wildman–Crippen MR) is 77.8 cm³/mol. The number of alkyl halides is 1. The smallest absolute Gasteiger partial charge is 0.133 e. The summed E-state index contributed by atoms with van der Waals surface area (Å²) in [5, 5.41) is 0. The maximum Gasteiger partial charge on any atom is 0.133 e. The molecule has 0 aliphatic heterocycles. The van der Waals surface area contributed by atoms with Crippen LogP contribution in [0.3, 0.4) is 0 Å². The second-order valence-electron chi connectivity index (χ2n) is 3.98. The van der Waals surface area contributed by atoms with E-state index >= 15 is 0 Å². The van der Waals surface area contributed by atoms with Crippen molar-refractivity contribution in [1.82, 2.24) is 9.97 Å². The zero-order valence-corrected chi connectivity index (χ0v) is 12.3. The third-order valence-corrected chi connectivity index (χ3v) is 3.31. The van der Waals surface area contributed by atoms with E-state index in [1.807, 2.05) is 25.2 Å². The minimum Gasteiger partial charge on any atom is -0.355 e. The van der Waals surface area contributed by atoms with E-state index in [4.69, 9.17) is 11.6 Å². The summed E-state index contributed by atoms with van der Waals surface area (Å²) >= 11 is 9.36. The number of hydrogen-bond acceptors (Lipinski definition) is 3. The summed E-state index contributed by atoms with van der Waals surface area (Å²) in [6, 6.07) is 5.99. The van der Waals surface area contributed by atoms with Crippen LogP contribution in [-0.4, -0.2) is 17.0 Å². The Morgan fingerprint density at radius 2 is 2.06 bits per heavy atom. The molecule has 0 aromatic carbocycles. The molecule has 5 heteroatoms. The molecule has 2 aromatic heterocycles. The molecule has 2 rings (SSSR count). The number of rotatable bonds is 4. The van der Waals surface area contributed by atoms with Crippen LogP contribution >= 0.6 is 27.5 Å². The maximum absolute atomic E-state index is 5.95. The van der Waals surface area contributed by atoms with Gasteiger partial charge in [0.2, 0.25) is 0 Å². The van der Waals surface area contributed by atoms with Crippen LogP contribution in [0.4, 0.5) is 5.82 Å². The Bertz CT molecular complexity index is 519. The van der Waals surface area contributed by atoms with E-state index in [0.717, 1.165) is 22.4 Å². The fraction of sp³-hybridized carbons (Fsp3) is 0.231. The van der Waals surface area contributed by atoms with E-state index in [1.54, 1.807) is 18.6 Å². The minimum absolute atomic E-state index is 0.447. The van der Waals surface area contributed by atoms with E-state index in [0.29, 0.717) is 5.88 Å². The van der Waals surface area contributed by atoms with Gasteiger partial charge in [0.05, 0.1) is 5.88 Å². The molecule has 2 heterocycles. The van der Waals surface area contributed by atoms with Crippen LogP contribution in [0.25, 0.3) is 0 Å². The molecule has 3 nitrogen and oxygen atoms in total. The third-order valence-electron chi connectivity index (χ3n) is 2.58. The van der Waals surface area contributed by atoms with Crippen LogP contribution in [0.15, 0.2) is 41.3 Å². The Kier molecular flexibility index (Phi) is 4.55. The Hall–Kier alpha value is -1.13. The van der Waals surface area contributed by atoms with Crippen LogP contribution in [0.1, 0.15) is 11.1 Å². The molecule has 0 aliphatic rings. The monoisotopic (exact) mass is 325 g/mol. The van der Waals surface area contributed by atoms with Crippen molar-refractivity contribution in [3.63, 3.8) is 0 Å². The van der Waals surface area contributed by atoms with Gasteiger partial charge in [0.15, 0.2) is 0 Å². The Labute approximate surface area is 120 Å². The van der Waals surface area contributed by atoms with Gasteiger partial charge in [0.1, 0.15) is 5.82 Å². The summed E-state index contributed by atoms with van der Waals surface area (Å²) in [6.45, 7) is 0.779. The van der Waals surface area contributed by atoms with Crippen LogP contribution in [0.5, 0.6) is 0 Å². The van der Waals surface area contributed by atoms with Crippen molar-refractivity contribution >= 4 is 33.3 Å². The summed E-state index contributed by atoms with van der Waals surface area (Å²) in [7, 11) is 2.01. The van der Waals surface area contributed by atoms with Crippen LogP contribution < -0.4 is 4.90 Å². The van der Waals surface area contributed by atoms with Crippen LogP contribution in [0.2, 0.25) is 0 Å². The molecule has 0 bridgehead atoms. The van der Waals surface area contributed by atoms with E-state index in [1.165, 1.54) is 5.56 Å². The first-order valence-corrected chi connectivity index (χ1v) is 6.84. The SMILES string of the molecule is CN(Cc1ccncc1)c1ncc(Br)cc1CCl. The molecule has 18 heavy (non-hydrogen) atoms. The standard InChI is InChI=1S/C13H13BrClN3/c1-18(9-10-2-4-16-5-3-10)13-11(7-15)6-12(14)8-17-13/h2-6,8H,7,9H2,1H3. The largest absolute Gasteiger partial charge is 0.355 e. The number of pyridine rings is 2. The topological polar surface area (TPSA) is 29.0 Å². The fourth-order valence-electron chi connectivity index (χ4n) is 1.75. The molecule has 0 fully saturated rings. The molecule has 0 amide bonds. The Balaban J connectivity index is 2.21. The average Bonchev–Trinajstić information content (AvgIpc) is 2.39. The van der Waals surface area contributed by atoms with E-state index in [9.17, 15) is 0 Å². The van der Waals surface area contributed by atoms with Gasteiger partial charge in [-0.2, -0.15) is 0 Å². The lowest BCUT2D eigenvalue weighted by Gasteiger charge is -2.20. The number of halogens is 2. The highest BCUT2D eigenvalue weighted by Crippen LogP contribution is 2.23. The summed E-state index contributed by atoms with van der Waals surface area (Å²) in [6.07, 6.45) is 5.37. The Morgan fingerprint density at radius 1 is 1.33 bits per heavy atom. The molecule has 0 spiro atoms. The van der Waals surface area contributed by atoms with Gasteiger partial charge >= 0.3 is 0 Å². The molecular weight excluding hydrogens is 314 g/mol. The number of anilines is 1. The molecule has 0 aliphatic carbocycles. The number of nitrogens with zero attached hydrogens (tertiary/aromatic N) is 3. The number of hydrogen-bond donors (Lipinski definition) is 0. The molecular formula is C13H13BrClN3. The van der Waals surface area contributed by atoms with Gasteiger partial charge in [-0.05, 0) is 39.7 Å². The Morgan fingerprint density at radius 3 is 2.72 bits per heavy atom. The second kappa shape index (κ2) is 6.16. The maximum atomic E-state index is 5.95. The van der Waals surface area contributed by atoms with Gasteiger partial charge in [-0.3, -0.25) is 4.98 Å². The molecule has 94 valence electrons. The summed E-state index contributed by atoms with van der Waals surface area (Å²) in [4.78, 5) is 10.5. The minimum atomic E-state index is 0.447. The zero-order chi connectivity index (χ0) is 13.0.